The number of aromatic carboxylic acids is 1. The first kappa shape index (κ1) is 18.0. The van der Waals surface area contributed by atoms with E-state index in [0.29, 0.717) is 0 Å². The van der Waals surface area contributed by atoms with Gasteiger partial charge in [-0.2, -0.15) is 0 Å². The first-order chi connectivity index (χ1) is 10.8. The lowest BCUT2D eigenvalue weighted by molar-refractivity contribution is 0.0691. The number of furan rings is 1. The first-order valence-corrected chi connectivity index (χ1v) is 9.32. The van der Waals surface area contributed by atoms with Crippen LogP contribution in [0.1, 0.15) is 48.1 Å². The van der Waals surface area contributed by atoms with E-state index in [-0.39, 0.29) is 28.0 Å². The van der Waals surface area contributed by atoms with E-state index in [4.69, 9.17) is 4.42 Å². The molecule has 1 aromatic heterocycles. The minimum absolute atomic E-state index is 0.105. The molecule has 0 bridgehead atoms. The standard InChI is InChI=1S/C15H24N2O5S/c1-4-7-17-8-5-12(6-9-17)16-23(20,21)14-11(3)22-10(2)13(14)15(18)19/h12,16H,4-9H2,1-3H3,(H,18,19). The minimum Gasteiger partial charge on any atom is -0.478 e. The molecule has 2 heterocycles. The molecule has 0 saturated carbocycles. The molecule has 1 aliphatic heterocycles. The number of carbonyl (C=O) groups is 1. The minimum atomic E-state index is -3.92. The average Bonchev–Trinajstić information content (AvgIpc) is 2.76. The van der Waals surface area contributed by atoms with Crippen LogP contribution in [-0.2, 0) is 10.0 Å². The molecule has 130 valence electrons. The molecular weight excluding hydrogens is 320 g/mol. The van der Waals surface area contributed by atoms with E-state index in [2.05, 4.69) is 16.5 Å². The zero-order valence-electron chi connectivity index (χ0n) is 13.8. The van der Waals surface area contributed by atoms with Gasteiger partial charge in [0.15, 0.2) is 0 Å². The van der Waals surface area contributed by atoms with Crippen LogP contribution in [-0.4, -0.2) is 50.1 Å². The molecule has 0 atom stereocenters. The van der Waals surface area contributed by atoms with Gasteiger partial charge in [0.25, 0.3) is 0 Å². The third-order valence-electron chi connectivity index (χ3n) is 4.14. The van der Waals surface area contributed by atoms with Crippen LogP contribution >= 0.6 is 0 Å². The average molecular weight is 344 g/mol. The molecule has 0 amide bonds. The number of carboxylic acids is 1. The number of hydrogen-bond donors (Lipinski definition) is 2. The van der Waals surface area contributed by atoms with Crippen molar-refractivity contribution in [3.63, 3.8) is 0 Å². The van der Waals surface area contributed by atoms with Gasteiger partial charge in [0.2, 0.25) is 10.0 Å². The molecule has 8 heteroatoms. The largest absolute Gasteiger partial charge is 0.478 e. The van der Waals surface area contributed by atoms with Crippen LogP contribution in [0.3, 0.4) is 0 Å². The van der Waals surface area contributed by atoms with Gasteiger partial charge in [-0.05, 0) is 52.7 Å². The van der Waals surface area contributed by atoms with Crippen molar-refractivity contribution in [3.8, 4) is 0 Å². The molecule has 2 N–H and O–H groups in total. The van der Waals surface area contributed by atoms with E-state index >= 15 is 0 Å². The molecule has 1 saturated heterocycles. The maximum Gasteiger partial charge on any atom is 0.340 e. The van der Waals surface area contributed by atoms with Crippen LogP contribution in [0, 0.1) is 13.8 Å². The molecular formula is C15H24N2O5S. The summed E-state index contributed by atoms with van der Waals surface area (Å²) < 4.78 is 33.1. The molecule has 7 nitrogen and oxygen atoms in total. The van der Waals surface area contributed by atoms with Crippen molar-refractivity contribution < 1.29 is 22.7 Å². The summed E-state index contributed by atoms with van der Waals surface area (Å²) in [5.41, 5.74) is -0.279. The summed E-state index contributed by atoms with van der Waals surface area (Å²) in [6.45, 7) is 7.75. The topological polar surface area (TPSA) is 99.9 Å². The summed E-state index contributed by atoms with van der Waals surface area (Å²) in [5, 5.41) is 9.26. The SMILES string of the molecule is CCCN1CCC(NS(=O)(=O)c2c(C)oc(C)c2C(=O)O)CC1. The highest BCUT2D eigenvalue weighted by molar-refractivity contribution is 7.89. The Bertz CT molecular complexity index is 672. The van der Waals surface area contributed by atoms with Gasteiger partial charge in [-0.15, -0.1) is 0 Å². The highest BCUT2D eigenvalue weighted by atomic mass is 32.2. The van der Waals surface area contributed by atoms with Gasteiger partial charge in [0, 0.05) is 6.04 Å². The molecule has 1 aromatic rings. The number of carboxylic acid groups (broad SMARTS) is 1. The molecule has 0 unspecified atom stereocenters. The number of nitrogens with one attached hydrogen (secondary N) is 1. The van der Waals surface area contributed by atoms with Gasteiger partial charge in [0.05, 0.1) is 0 Å². The lowest BCUT2D eigenvalue weighted by Crippen LogP contribution is -2.45. The number of piperidine rings is 1. The van der Waals surface area contributed by atoms with Crippen molar-refractivity contribution in [2.24, 2.45) is 0 Å². The summed E-state index contributed by atoms with van der Waals surface area (Å²) in [4.78, 5) is 13.4. The normalized spacial score (nSPS) is 17.5. The Morgan fingerprint density at radius 2 is 1.91 bits per heavy atom. The second kappa shape index (κ2) is 7.02. The van der Waals surface area contributed by atoms with E-state index in [1.54, 1.807) is 0 Å². The Kier molecular flexibility index (Phi) is 5.49. The van der Waals surface area contributed by atoms with Gasteiger partial charge in [-0.1, -0.05) is 6.92 Å². The molecule has 2 rings (SSSR count). The molecule has 0 aromatic carbocycles. The van der Waals surface area contributed by atoms with Gasteiger partial charge in [0.1, 0.15) is 22.0 Å². The molecule has 1 fully saturated rings. The fraction of sp³-hybridized carbons (Fsp3) is 0.667. The summed E-state index contributed by atoms with van der Waals surface area (Å²) >= 11 is 0. The van der Waals surface area contributed by atoms with E-state index < -0.39 is 16.0 Å². The smallest absolute Gasteiger partial charge is 0.340 e. The van der Waals surface area contributed by atoms with E-state index in [0.717, 1.165) is 38.9 Å². The number of sulfonamides is 1. The van der Waals surface area contributed by atoms with Crippen LogP contribution in [0.4, 0.5) is 0 Å². The van der Waals surface area contributed by atoms with Crippen LogP contribution in [0.15, 0.2) is 9.31 Å². The Labute approximate surface area is 136 Å². The predicted molar refractivity (Wildman–Crippen MR) is 85.2 cm³/mol. The fourth-order valence-corrected chi connectivity index (χ4v) is 4.82. The summed E-state index contributed by atoms with van der Waals surface area (Å²) in [6, 6.07) is -0.177. The first-order valence-electron chi connectivity index (χ1n) is 7.84. The molecule has 1 aliphatic rings. The number of hydrogen-bond acceptors (Lipinski definition) is 5. The van der Waals surface area contributed by atoms with E-state index in [9.17, 15) is 18.3 Å². The van der Waals surface area contributed by atoms with Gasteiger partial charge in [-0.25, -0.2) is 17.9 Å². The number of nitrogens with zero attached hydrogens (tertiary/aromatic N) is 1. The second-order valence-corrected chi connectivity index (χ2v) is 7.61. The summed E-state index contributed by atoms with van der Waals surface area (Å²) in [5.74, 6) is -1.08. The highest BCUT2D eigenvalue weighted by Gasteiger charge is 2.33. The van der Waals surface area contributed by atoms with Crippen LogP contribution in [0.2, 0.25) is 0 Å². The van der Waals surface area contributed by atoms with Gasteiger partial charge < -0.3 is 14.4 Å². The predicted octanol–water partition coefficient (Wildman–Crippen LogP) is 1.75. The van der Waals surface area contributed by atoms with Crippen molar-refractivity contribution in [3.05, 3.63) is 17.1 Å². The third-order valence-corrected chi connectivity index (χ3v) is 5.81. The molecule has 23 heavy (non-hydrogen) atoms. The zero-order chi connectivity index (χ0) is 17.2. The Morgan fingerprint density at radius 1 is 1.30 bits per heavy atom. The lowest BCUT2D eigenvalue weighted by atomic mass is 10.1. The van der Waals surface area contributed by atoms with E-state index in [1.165, 1.54) is 13.8 Å². The van der Waals surface area contributed by atoms with E-state index in [1.807, 2.05) is 0 Å². The van der Waals surface area contributed by atoms with Crippen LogP contribution in [0.25, 0.3) is 0 Å². The Hall–Kier alpha value is -1.38. The van der Waals surface area contributed by atoms with Crippen molar-refractivity contribution >= 4 is 16.0 Å². The number of rotatable bonds is 6. The quantitative estimate of drug-likeness (QED) is 0.815. The van der Waals surface area contributed by atoms with Crippen molar-refractivity contribution in [1.29, 1.82) is 0 Å². The molecule has 0 radical (unpaired) electrons. The second-order valence-electron chi connectivity index (χ2n) is 5.96. The zero-order valence-corrected chi connectivity index (χ0v) is 14.6. The number of likely N-dealkylation sites (tertiary alicyclic amines) is 1. The van der Waals surface area contributed by atoms with Crippen molar-refractivity contribution in [2.45, 2.75) is 51.0 Å². The lowest BCUT2D eigenvalue weighted by Gasteiger charge is -2.31. The maximum absolute atomic E-state index is 12.6. The summed E-state index contributed by atoms with van der Waals surface area (Å²) in [6.07, 6.45) is 2.51. The summed E-state index contributed by atoms with van der Waals surface area (Å²) in [7, 11) is -3.92. The van der Waals surface area contributed by atoms with Crippen LogP contribution < -0.4 is 4.72 Å². The third kappa shape index (κ3) is 3.94. The van der Waals surface area contributed by atoms with Crippen LogP contribution in [0.5, 0.6) is 0 Å². The fourth-order valence-electron chi connectivity index (χ4n) is 3.10. The highest BCUT2D eigenvalue weighted by Crippen LogP contribution is 2.27. The van der Waals surface area contributed by atoms with Gasteiger partial charge >= 0.3 is 5.97 Å². The number of aryl methyl sites for hydroxylation is 2. The molecule has 0 spiro atoms. The van der Waals surface area contributed by atoms with Gasteiger partial charge in [-0.3, -0.25) is 0 Å². The Balaban J connectivity index is 2.16. The van der Waals surface area contributed by atoms with Crippen molar-refractivity contribution in [1.82, 2.24) is 9.62 Å². The Morgan fingerprint density at radius 3 is 2.43 bits per heavy atom. The monoisotopic (exact) mass is 344 g/mol. The molecule has 0 aliphatic carbocycles. The van der Waals surface area contributed by atoms with Crippen molar-refractivity contribution in [2.75, 3.05) is 19.6 Å². The maximum atomic E-state index is 12.6.